The van der Waals surface area contributed by atoms with Gasteiger partial charge in [-0.2, -0.15) is 5.10 Å². The SMILES string of the molecule is CC(C)Cn1ncnc1COc1cccc(CO)c1. The van der Waals surface area contributed by atoms with Gasteiger partial charge in [0.25, 0.3) is 0 Å². The van der Waals surface area contributed by atoms with Crippen LogP contribution in [0.3, 0.4) is 0 Å². The van der Waals surface area contributed by atoms with E-state index >= 15 is 0 Å². The van der Waals surface area contributed by atoms with Crippen LogP contribution in [0.5, 0.6) is 5.75 Å². The van der Waals surface area contributed by atoms with E-state index in [-0.39, 0.29) is 6.61 Å². The summed E-state index contributed by atoms with van der Waals surface area (Å²) < 4.78 is 7.54. The molecule has 2 aromatic rings. The van der Waals surface area contributed by atoms with Gasteiger partial charge in [0, 0.05) is 6.54 Å². The molecule has 0 radical (unpaired) electrons. The number of aliphatic hydroxyl groups excluding tert-OH is 1. The predicted octanol–water partition coefficient (Wildman–Crippen LogP) is 2.01. The maximum absolute atomic E-state index is 9.08. The van der Waals surface area contributed by atoms with E-state index in [0.29, 0.717) is 12.5 Å². The fourth-order valence-corrected chi connectivity index (χ4v) is 1.78. The monoisotopic (exact) mass is 261 g/mol. The number of rotatable bonds is 6. The van der Waals surface area contributed by atoms with Crippen LogP contribution in [0.1, 0.15) is 25.2 Å². The largest absolute Gasteiger partial charge is 0.486 e. The molecular weight excluding hydrogens is 242 g/mol. The van der Waals surface area contributed by atoms with Gasteiger partial charge < -0.3 is 9.84 Å². The first-order valence-electron chi connectivity index (χ1n) is 6.38. The van der Waals surface area contributed by atoms with Crippen molar-refractivity contribution < 1.29 is 9.84 Å². The third kappa shape index (κ3) is 3.79. The molecule has 1 aromatic heterocycles. The van der Waals surface area contributed by atoms with E-state index in [1.165, 1.54) is 0 Å². The summed E-state index contributed by atoms with van der Waals surface area (Å²) in [5, 5.41) is 13.3. The van der Waals surface area contributed by atoms with Crippen LogP contribution in [0.25, 0.3) is 0 Å². The van der Waals surface area contributed by atoms with Gasteiger partial charge in [0.1, 0.15) is 18.7 Å². The van der Waals surface area contributed by atoms with Crippen molar-refractivity contribution in [2.75, 3.05) is 0 Å². The molecule has 0 amide bonds. The lowest BCUT2D eigenvalue weighted by atomic mass is 10.2. The molecule has 1 N–H and O–H groups in total. The van der Waals surface area contributed by atoms with E-state index in [4.69, 9.17) is 9.84 Å². The average molecular weight is 261 g/mol. The van der Waals surface area contributed by atoms with Crippen molar-refractivity contribution in [2.24, 2.45) is 5.92 Å². The molecule has 2 rings (SSSR count). The summed E-state index contributed by atoms with van der Waals surface area (Å²) in [6.45, 7) is 5.49. The Bertz CT molecular complexity index is 523. The molecule has 0 aliphatic rings. The van der Waals surface area contributed by atoms with Gasteiger partial charge >= 0.3 is 0 Å². The Labute approximate surface area is 112 Å². The Hall–Kier alpha value is -1.88. The van der Waals surface area contributed by atoms with Crippen molar-refractivity contribution in [3.8, 4) is 5.75 Å². The third-order valence-corrected chi connectivity index (χ3v) is 2.68. The minimum Gasteiger partial charge on any atom is -0.486 e. The molecule has 0 aliphatic heterocycles. The van der Waals surface area contributed by atoms with Crippen molar-refractivity contribution in [1.82, 2.24) is 14.8 Å². The maximum atomic E-state index is 9.08. The first-order valence-corrected chi connectivity index (χ1v) is 6.38. The molecule has 102 valence electrons. The Morgan fingerprint density at radius 3 is 2.95 bits per heavy atom. The summed E-state index contributed by atoms with van der Waals surface area (Å²) in [6, 6.07) is 7.40. The molecular formula is C14H19N3O2. The molecule has 5 heteroatoms. The second-order valence-corrected chi connectivity index (χ2v) is 4.85. The van der Waals surface area contributed by atoms with Crippen LogP contribution in [0.2, 0.25) is 0 Å². The van der Waals surface area contributed by atoms with Crippen molar-refractivity contribution in [3.05, 3.63) is 42.0 Å². The van der Waals surface area contributed by atoms with Gasteiger partial charge in [0.15, 0.2) is 5.82 Å². The van der Waals surface area contributed by atoms with E-state index in [0.717, 1.165) is 23.7 Å². The molecule has 19 heavy (non-hydrogen) atoms. The zero-order chi connectivity index (χ0) is 13.7. The van der Waals surface area contributed by atoms with Crippen LogP contribution >= 0.6 is 0 Å². The number of aliphatic hydroxyl groups is 1. The number of benzene rings is 1. The topological polar surface area (TPSA) is 60.2 Å². The smallest absolute Gasteiger partial charge is 0.164 e. The van der Waals surface area contributed by atoms with Gasteiger partial charge in [0.2, 0.25) is 0 Å². The molecule has 0 saturated heterocycles. The standard InChI is InChI=1S/C14H19N3O2/c1-11(2)7-17-14(15-10-16-17)9-19-13-5-3-4-12(6-13)8-18/h3-6,10-11,18H,7-9H2,1-2H3. The zero-order valence-electron chi connectivity index (χ0n) is 11.3. The molecule has 0 atom stereocenters. The Morgan fingerprint density at radius 2 is 2.21 bits per heavy atom. The highest BCUT2D eigenvalue weighted by atomic mass is 16.5. The summed E-state index contributed by atoms with van der Waals surface area (Å²) in [5.74, 6) is 2.05. The molecule has 0 bridgehead atoms. The Balaban J connectivity index is 2.00. The minimum absolute atomic E-state index is 0.0146. The highest BCUT2D eigenvalue weighted by Crippen LogP contribution is 2.14. The summed E-state index contributed by atoms with van der Waals surface area (Å²) in [6.07, 6.45) is 1.55. The van der Waals surface area contributed by atoms with Crippen molar-refractivity contribution in [3.63, 3.8) is 0 Å². The van der Waals surface area contributed by atoms with Gasteiger partial charge in [-0.15, -0.1) is 0 Å². The van der Waals surface area contributed by atoms with Crippen molar-refractivity contribution >= 4 is 0 Å². The van der Waals surface area contributed by atoms with Crippen LogP contribution in [0, 0.1) is 5.92 Å². The molecule has 1 heterocycles. The molecule has 0 saturated carbocycles. The number of ether oxygens (including phenoxy) is 1. The lowest BCUT2D eigenvalue weighted by molar-refractivity contribution is 0.272. The van der Waals surface area contributed by atoms with Gasteiger partial charge in [0.05, 0.1) is 6.61 Å². The summed E-state index contributed by atoms with van der Waals surface area (Å²) in [7, 11) is 0. The molecule has 0 fully saturated rings. The lowest BCUT2D eigenvalue weighted by Gasteiger charge is -2.10. The lowest BCUT2D eigenvalue weighted by Crippen LogP contribution is -2.12. The van der Waals surface area contributed by atoms with Crippen LogP contribution in [0.15, 0.2) is 30.6 Å². The van der Waals surface area contributed by atoms with Gasteiger partial charge in [-0.3, -0.25) is 0 Å². The van der Waals surface area contributed by atoms with Gasteiger partial charge in [-0.25, -0.2) is 9.67 Å². The minimum atomic E-state index is 0.0146. The first kappa shape index (κ1) is 13.5. The number of hydrogen-bond donors (Lipinski definition) is 1. The zero-order valence-corrected chi connectivity index (χ0v) is 11.3. The van der Waals surface area contributed by atoms with Crippen molar-refractivity contribution in [2.45, 2.75) is 33.6 Å². The van der Waals surface area contributed by atoms with Gasteiger partial charge in [-0.1, -0.05) is 26.0 Å². The summed E-state index contributed by atoms with van der Waals surface area (Å²) in [4.78, 5) is 4.20. The second kappa shape index (κ2) is 6.33. The van der Waals surface area contributed by atoms with Crippen LogP contribution in [-0.2, 0) is 19.8 Å². The van der Waals surface area contributed by atoms with E-state index < -0.39 is 0 Å². The fraction of sp³-hybridized carbons (Fsp3) is 0.429. The number of hydrogen-bond acceptors (Lipinski definition) is 4. The quantitative estimate of drug-likeness (QED) is 0.864. The van der Waals surface area contributed by atoms with E-state index in [2.05, 4.69) is 23.9 Å². The van der Waals surface area contributed by atoms with Gasteiger partial charge in [-0.05, 0) is 23.6 Å². The van der Waals surface area contributed by atoms with E-state index in [1.54, 1.807) is 6.33 Å². The van der Waals surface area contributed by atoms with Crippen LogP contribution < -0.4 is 4.74 Å². The van der Waals surface area contributed by atoms with Crippen molar-refractivity contribution in [1.29, 1.82) is 0 Å². The summed E-state index contributed by atoms with van der Waals surface area (Å²) >= 11 is 0. The second-order valence-electron chi connectivity index (χ2n) is 4.85. The van der Waals surface area contributed by atoms with E-state index in [9.17, 15) is 0 Å². The molecule has 0 aliphatic carbocycles. The first-order chi connectivity index (χ1) is 9.19. The molecule has 5 nitrogen and oxygen atoms in total. The molecule has 1 aromatic carbocycles. The highest BCUT2D eigenvalue weighted by Gasteiger charge is 2.07. The third-order valence-electron chi connectivity index (χ3n) is 2.68. The molecule has 0 spiro atoms. The fourth-order valence-electron chi connectivity index (χ4n) is 1.78. The normalized spacial score (nSPS) is 10.9. The van der Waals surface area contributed by atoms with E-state index in [1.807, 2.05) is 28.9 Å². The molecule has 0 unspecified atom stereocenters. The summed E-state index contributed by atoms with van der Waals surface area (Å²) in [5.41, 5.74) is 0.834. The van der Waals surface area contributed by atoms with Crippen LogP contribution in [0.4, 0.5) is 0 Å². The Kier molecular flexibility index (Phi) is 4.52. The average Bonchev–Trinajstić information content (AvgIpc) is 2.83. The number of aromatic nitrogens is 3. The predicted molar refractivity (Wildman–Crippen MR) is 71.6 cm³/mol. The van der Waals surface area contributed by atoms with Crippen LogP contribution in [-0.4, -0.2) is 19.9 Å². The highest BCUT2D eigenvalue weighted by molar-refractivity contribution is 5.28. The number of nitrogens with zero attached hydrogens (tertiary/aromatic N) is 3. The maximum Gasteiger partial charge on any atom is 0.164 e. The Morgan fingerprint density at radius 1 is 1.37 bits per heavy atom.